The first-order valence-corrected chi connectivity index (χ1v) is 7.82. The van der Waals surface area contributed by atoms with Gasteiger partial charge in [-0.1, -0.05) is 12.1 Å². The summed E-state index contributed by atoms with van der Waals surface area (Å²) in [5.74, 6) is 0. The van der Waals surface area contributed by atoms with Crippen LogP contribution in [0.1, 0.15) is 17.2 Å². The molecule has 0 saturated heterocycles. The Morgan fingerprint density at radius 2 is 2.00 bits per heavy atom. The Hall–Kier alpha value is -0.770. The molecule has 1 aromatic heterocycles. The molecule has 0 saturated carbocycles. The summed E-state index contributed by atoms with van der Waals surface area (Å²) in [5.41, 5.74) is 2.76. The van der Waals surface area contributed by atoms with Crippen molar-refractivity contribution in [3.63, 3.8) is 0 Å². The first-order chi connectivity index (χ1) is 8.33. The fourth-order valence-corrected chi connectivity index (χ4v) is 2.96. The van der Waals surface area contributed by atoms with E-state index in [-0.39, 0.29) is 0 Å². The first kappa shape index (κ1) is 12.7. The maximum Gasteiger partial charge on any atom is 0.0358 e. The molecule has 0 aliphatic carbocycles. The number of hydrogen-bond acceptors (Lipinski definition) is 3. The number of thiophene rings is 1. The van der Waals surface area contributed by atoms with Crippen molar-refractivity contribution in [3.05, 3.63) is 52.2 Å². The van der Waals surface area contributed by atoms with Gasteiger partial charge in [-0.2, -0.15) is 11.3 Å². The molecule has 1 N–H and O–H groups in total. The molecule has 0 spiro atoms. The molecule has 1 nitrogen and oxygen atoms in total. The van der Waals surface area contributed by atoms with E-state index in [0.717, 1.165) is 6.42 Å². The molecular formula is C14H17NS2. The second-order valence-corrected chi connectivity index (χ2v) is 5.61. The Bertz CT molecular complexity index is 434. The highest BCUT2D eigenvalue weighted by Gasteiger charge is 2.10. The number of likely N-dealkylation sites (N-methyl/N-ethyl adjacent to an activating group) is 1. The topological polar surface area (TPSA) is 12.0 Å². The maximum absolute atomic E-state index is 3.39. The van der Waals surface area contributed by atoms with Gasteiger partial charge in [-0.15, -0.1) is 11.8 Å². The number of thioether (sulfide) groups is 1. The highest BCUT2D eigenvalue weighted by Crippen LogP contribution is 2.22. The molecule has 0 fully saturated rings. The molecule has 1 heterocycles. The maximum atomic E-state index is 3.39. The van der Waals surface area contributed by atoms with Gasteiger partial charge in [-0.05, 0) is 59.8 Å². The van der Waals surface area contributed by atoms with Crippen molar-refractivity contribution in [2.45, 2.75) is 17.4 Å². The highest BCUT2D eigenvalue weighted by atomic mass is 32.2. The van der Waals surface area contributed by atoms with Gasteiger partial charge in [-0.25, -0.2) is 0 Å². The van der Waals surface area contributed by atoms with E-state index < -0.39 is 0 Å². The third-order valence-electron chi connectivity index (χ3n) is 2.89. The lowest BCUT2D eigenvalue weighted by Gasteiger charge is -2.16. The molecule has 0 radical (unpaired) electrons. The van der Waals surface area contributed by atoms with Crippen LogP contribution >= 0.6 is 23.1 Å². The van der Waals surface area contributed by atoms with Crippen LogP contribution in [0.3, 0.4) is 0 Å². The Labute approximate surface area is 111 Å². The summed E-state index contributed by atoms with van der Waals surface area (Å²) in [6.07, 6.45) is 3.16. The van der Waals surface area contributed by atoms with E-state index in [1.54, 1.807) is 23.1 Å². The zero-order chi connectivity index (χ0) is 12.1. The van der Waals surface area contributed by atoms with Crippen LogP contribution in [0, 0.1) is 0 Å². The van der Waals surface area contributed by atoms with Gasteiger partial charge in [0.1, 0.15) is 0 Å². The molecule has 1 unspecified atom stereocenters. The Kier molecular flexibility index (Phi) is 4.66. The van der Waals surface area contributed by atoms with Crippen molar-refractivity contribution in [3.8, 4) is 0 Å². The summed E-state index contributed by atoms with van der Waals surface area (Å²) in [7, 11) is 2.03. The van der Waals surface area contributed by atoms with Crippen molar-refractivity contribution >= 4 is 23.1 Å². The van der Waals surface area contributed by atoms with Crippen molar-refractivity contribution in [1.82, 2.24) is 5.32 Å². The van der Waals surface area contributed by atoms with Crippen LogP contribution < -0.4 is 5.32 Å². The molecule has 0 bridgehead atoms. The molecule has 0 aliphatic heterocycles. The number of benzene rings is 1. The van der Waals surface area contributed by atoms with Crippen LogP contribution in [-0.2, 0) is 6.42 Å². The number of nitrogens with one attached hydrogen (secondary N) is 1. The molecular weight excluding hydrogens is 246 g/mol. The van der Waals surface area contributed by atoms with E-state index in [2.05, 4.69) is 52.7 Å². The van der Waals surface area contributed by atoms with Gasteiger partial charge in [0.2, 0.25) is 0 Å². The monoisotopic (exact) mass is 263 g/mol. The molecule has 3 heteroatoms. The zero-order valence-corrected chi connectivity index (χ0v) is 11.8. The molecule has 2 aromatic rings. The van der Waals surface area contributed by atoms with E-state index in [4.69, 9.17) is 0 Å². The van der Waals surface area contributed by atoms with Crippen molar-refractivity contribution in [2.75, 3.05) is 13.3 Å². The fraction of sp³-hybridized carbons (Fsp3) is 0.286. The van der Waals surface area contributed by atoms with Gasteiger partial charge < -0.3 is 5.32 Å². The van der Waals surface area contributed by atoms with Gasteiger partial charge >= 0.3 is 0 Å². The van der Waals surface area contributed by atoms with E-state index in [1.165, 1.54) is 16.0 Å². The van der Waals surface area contributed by atoms with Gasteiger partial charge in [0.05, 0.1) is 0 Å². The summed E-state index contributed by atoms with van der Waals surface area (Å²) in [5, 5.41) is 7.75. The van der Waals surface area contributed by atoms with Crippen LogP contribution in [0.2, 0.25) is 0 Å². The van der Waals surface area contributed by atoms with Crippen LogP contribution in [0.5, 0.6) is 0 Å². The Balaban J connectivity index is 2.11. The van der Waals surface area contributed by atoms with E-state index in [9.17, 15) is 0 Å². The van der Waals surface area contributed by atoms with Crippen LogP contribution in [-0.4, -0.2) is 13.3 Å². The largest absolute Gasteiger partial charge is 0.313 e. The molecule has 0 amide bonds. The highest BCUT2D eigenvalue weighted by molar-refractivity contribution is 7.98. The normalized spacial score (nSPS) is 12.6. The quantitative estimate of drug-likeness (QED) is 0.819. The third kappa shape index (κ3) is 3.35. The standard InChI is InChI=1S/C14H17NS2/c1-15-14(9-11-7-8-17-10-11)12-3-5-13(16-2)6-4-12/h3-8,10,14-15H,9H2,1-2H3. The summed E-state index contributed by atoms with van der Waals surface area (Å²) in [6.45, 7) is 0. The minimum absolute atomic E-state index is 0.403. The predicted molar refractivity (Wildman–Crippen MR) is 78.0 cm³/mol. The van der Waals surface area contributed by atoms with E-state index >= 15 is 0 Å². The van der Waals surface area contributed by atoms with Gasteiger partial charge in [0.15, 0.2) is 0 Å². The zero-order valence-electron chi connectivity index (χ0n) is 10.1. The van der Waals surface area contributed by atoms with Gasteiger partial charge in [0, 0.05) is 10.9 Å². The van der Waals surface area contributed by atoms with Crippen LogP contribution in [0.25, 0.3) is 0 Å². The van der Waals surface area contributed by atoms with Crippen molar-refractivity contribution in [1.29, 1.82) is 0 Å². The lowest BCUT2D eigenvalue weighted by Crippen LogP contribution is -2.18. The molecule has 2 rings (SSSR count). The summed E-state index contributed by atoms with van der Waals surface area (Å²) in [4.78, 5) is 1.32. The molecule has 17 heavy (non-hydrogen) atoms. The summed E-state index contributed by atoms with van der Waals surface area (Å²) < 4.78 is 0. The van der Waals surface area contributed by atoms with Gasteiger partial charge in [0.25, 0.3) is 0 Å². The Morgan fingerprint density at radius 3 is 2.53 bits per heavy atom. The number of rotatable bonds is 5. The fourth-order valence-electron chi connectivity index (χ4n) is 1.87. The van der Waals surface area contributed by atoms with E-state index in [1.807, 2.05) is 7.05 Å². The van der Waals surface area contributed by atoms with Crippen molar-refractivity contribution < 1.29 is 0 Å². The third-order valence-corrected chi connectivity index (χ3v) is 4.36. The minimum atomic E-state index is 0.403. The summed E-state index contributed by atoms with van der Waals surface area (Å²) >= 11 is 3.55. The number of hydrogen-bond donors (Lipinski definition) is 1. The SMILES string of the molecule is CNC(Cc1ccsc1)c1ccc(SC)cc1. The lowest BCUT2D eigenvalue weighted by atomic mass is 10.0. The Morgan fingerprint density at radius 1 is 1.24 bits per heavy atom. The molecule has 1 aromatic carbocycles. The molecule has 0 aliphatic rings. The second kappa shape index (κ2) is 6.24. The average Bonchev–Trinajstić information content (AvgIpc) is 2.89. The van der Waals surface area contributed by atoms with Crippen LogP contribution in [0.4, 0.5) is 0 Å². The molecule has 1 atom stereocenters. The minimum Gasteiger partial charge on any atom is -0.313 e. The molecule has 90 valence electrons. The van der Waals surface area contributed by atoms with Crippen molar-refractivity contribution in [2.24, 2.45) is 0 Å². The van der Waals surface area contributed by atoms with Crippen LogP contribution in [0.15, 0.2) is 46.0 Å². The second-order valence-electron chi connectivity index (χ2n) is 3.95. The predicted octanol–water partition coefficient (Wildman–Crippen LogP) is 3.97. The van der Waals surface area contributed by atoms with Gasteiger partial charge in [-0.3, -0.25) is 0 Å². The van der Waals surface area contributed by atoms with E-state index in [0.29, 0.717) is 6.04 Å². The summed E-state index contributed by atoms with van der Waals surface area (Å²) in [6, 6.07) is 11.4. The smallest absolute Gasteiger partial charge is 0.0358 e. The average molecular weight is 263 g/mol. The first-order valence-electron chi connectivity index (χ1n) is 5.65. The lowest BCUT2D eigenvalue weighted by molar-refractivity contribution is 0.592.